The Bertz CT molecular complexity index is 1410. The molecule has 1 heterocycles. The van der Waals surface area contributed by atoms with E-state index in [2.05, 4.69) is 10.6 Å². The predicted molar refractivity (Wildman–Crippen MR) is 140 cm³/mol. The predicted octanol–water partition coefficient (Wildman–Crippen LogP) is 3.14. The molecule has 4 atom stereocenters. The molecule has 1 unspecified atom stereocenters. The number of aliphatic carboxylic acids is 1. The number of nitrogens with zero attached hydrogens (tertiary/aromatic N) is 1. The van der Waals surface area contributed by atoms with E-state index in [-0.39, 0.29) is 23.4 Å². The van der Waals surface area contributed by atoms with Gasteiger partial charge in [0.2, 0.25) is 11.8 Å². The third-order valence-electron chi connectivity index (χ3n) is 6.41. The number of ether oxygens (including phenoxy) is 1. The van der Waals surface area contributed by atoms with Gasteiger partial charge in [0, 0.05) is 6.07 Å². The van der Waals surface area contributed by atoms with Crippen molar-refractivity contribution in [1.82, 2.24) is 10.6 Å². The average molecular weight is 552 g/mol. The van der Waals surface area contributed by atoms with E-state index in [1.807, 2.05) is 0 Å². The Balaban J connectivity index is 1.61. The highest BCUT2D eigenvalue weighted by Gasteiger charge is 2.43. The molecule has 3 N–H and O–H groups in total. The topological polar surface area (TPSA) is 125 Å². The van der Waals surface area contributed by atoms with Crippen LogP contribution in [-0.2, 0) is 25.6 Å². The molecule has 4 rings (SSSR count). The lowest BCUT2D eigenvalue weighted by molar-refractivity contribution is -0.140. The number of halogens is 2. The Kier molecular flexibility index (Phi) is 8.42. The summed E-state index contributed by atoms with van der Waals surface area (Å²) < 4.78 is 33.2. The first-order valence-corrected chi connectivity index (χ1v) is 12.5. The molecular weight excluding hydrogens is 524 g/mol. The van der Waals surface area contributed by atoms with Gasteiger partial charge in [-0.05, 0) is 49.2 Å². The molecule has 3 amide bonds. The summed E-state index contributed by atoms with van der Waals surface area (Å²) in [6.07, 6.45) is -1.42. The number of benzene rings is 3. The molecular formula is C29H27F2N3O6. The summed E-state index contributed by atoms with van der Waals surface area (Å²) in [6, 6.07) is 14.0. The van der Waals surface area contributed by atoms with Crippen LogP contribution in [0.1, 0.15) is 31.1 Å². The van der Waals surface area contributed by atoms with E-state index in [4.69, 9.17) is 4.74 Å². The molecule has 0 aliphatic carbocycles. The third-order valence-corrected chi connectivity index (χ3v) is 6.41. The quantitative estimate of drug-likeness (QED) is 0.395. The Morgan fingerprint density at radius 1 is 0.975 bits per heavy atom. The minimum atomic E-state index is -1.37. The molecule has 0 aromatic heterocycles. The summed E-state index contributed by atoms with van der Waals surface area (Å²) in [4.78, 5) is 52.7. The summed E-state index contributed by atoms with van der Waals surface area (Å²) in [6.45, 7) is 2.72. The van der Waals surface area contributed by atoms with E-state index in [9.17, 15) is 33.1 Å². The van der Waals surface area contributed by atoms with Crippen molar-refractivity contribution in [3.05, 3.63) is 95.6 Å². The summed E-state index contributed by atoms with van der Waals surface area (Å²) in [5.74, 6) is -4.85. The van der Waals surface area contributed by atoms with Crippen molar-refractivity contribution < 1.29 is 37.8 Å². The van der Waals surface area contributed by atoms with Crippen LogP contribution in [0, 0.1) is 11.6 Å². The van der Waals surface area contributed by atoms with Gasteiger partial charge in [-0.1, -0.05) is 42.5 Å². The van der Waals surface area contributed by atoms with Crippen molar-refractivity contribution in [2.24, 2.45) is 0 Å². The van der Waals surface area contributed by atoms with Crippen LogP contribution in [0.15, 0.2) is 72.8 Å². The van der Waals surface area contributed by atoms with Gasteiger partial charge in [0.25, 0.3) is 5.91 Å². The molecule has 0 spiro atoms. The zero-order chi connectivity index (χ0) is 29.0. The average Bonchev–Trinajstić information content (AvgIpc) is 3.02. The molecule has 0 fully saturated rings. The molecule has 40 heavy (non-hydrogen) atoms. The molecule has 3 aromatic rings. The molecule has 1 aliphatic rings. The van der Waals surface area contributed by atoms with Gasteiger partial charge in [-0.2, -0.15) is 0 Å². The summed E-state index contributed by atoms with van der Waals surface area (Å²) in [5, 5.41) is 14.8. The maximum atomic E-state index is 13.9. The third kappa shape index (κ3) is 6.25. The number of anilines is 1. The number of fused-ring (bicyclic) bond motifs is 1. The maximum Gasteiger partial charge on any atom is 0.326 e. The van der Waals surface area contributed by atoms with Gasteiger partial charge in [0.1, 0.15) is 35.5 Å². The second kappa shape index (κ2) is 11.9. The zero-order valence-electron chi connectivity index (χ0n) is 21.6. The van der Waals surface area contributed by atoms with Crippen molar-refractivity contribution >= 4 is 29.4 Å². The smallest absolute Gasteiger partial charge is 0.326 e. The van der Waals surface area contributed by atoms with Crippen LogP contribution in [0.3, 0.4) is 0 Å². The van der Waals surface area contributed by atoms with Crippen LogP contribution in [0.5, 0.6) is 5.75 Å². The Hall–Kier alpha value is -4.80. The van der Waals surface area contributed by atoms with Gasteiger partial charge in [-0.25, -0.2) is 13.6 Å². The molecule has 0 saturated heterocycles. The van der Waals surface area contributed by atoms with Gasteiger partial charge in [-0.15, -0.1) is 0 Å². The first kappa shape index (κ1) is 28.2. The first-order valence-electron chi connectivity index (χ1n) is 12.5. The molecule has 0 saturated carbocycles. The van der Waals surface area contributed by atoms with Crippen LogP contribution < -0.4 is 20.3 Å². The van der Waals surface area contributed by atoms with E-state index in [0.29, 0.717) is 11.6 Å². The van der Waals surface area contributed by atoms with E-state index in [0.717, 1.165) is 17.0 Å². The first-order chi connectivity index (χ1) is 19.0. The number of carbonyl (C=O) groups is 4. The van der Waals surface area contributed by atoms with Crippen molar-refractivity contribution in [2.45, 2.75) is 44.5 Å². The number of amides is 3. The monoisotopic (exact) mass is 551 g/mol. The highest BCUT2D eigenvalue weighted by atomic mass is 19.1. The number of hydrogen-bond acceptors (Lipinski definition) is 5. The number of hydrogen-bond donors (Lipinski definition) is 3. The molecule has 1 aliphatic heterocycles. The van der Waals surface area contributed by atoms with Crippen LogP contribution in [0.4, 0.5) is 14.5 Å². The van der Waals surface area contributed by atoms with Crippen molar-refractivity contribution in [3.63, 3.8) is 0 Å². The molecule has 0 bridgehead atoms. The summed E-state index contributed by atoms with van der Waals surface area (Å²) in [5.41, 5.74) is 0.851. The Morgan fingerprint density at radius 2 is 1.60 bits per heavy atom. The van der Waals surface area contributed by atoms with Crippen molar-refractivity contribution in [2.75, 3.05) is 4.90 Å². The fourth-order valence-electron chi connectivity index (χ4n) is 4.44. The van der Waals surface area contributed by atoms with Gasteiger partial charge in [0.15, 0.2) is 6.10 Å². The normalized spacial score (nSPS) is 18.0. The molecule has 0 radical (unpaired) electrons. The van der Waals surface area contributed by atoms with Gasteiger partial charge >= 0.3 is 5.97 Å². The van der Waals surface area contributed by atoms with E-state index in [1.165, 1.54) is 13.8 Å². The minimum absolute atomic E-state index is 0.0789. The Labute approximate surface area is 228 Å². The van der Waals surface area contributed by atoms with Gasteiger partial charge in [-0.3, -0.25) is 19.3 Å². The zero-order valence-corrected chi connectivity index (χ0v) is 21.6. The van der Waals surface area contributed by atoms with Crippen LogP contribution in [-0.4, -0.2) is 46.9 Å². The highest BCUT2D eigenvalue weighted by Crippen LogP contribution is 2.38. The maximum absolute atomic E-state index is 13.9. The number of carboxylic acids is 1. The van der Waals surface area contributed by atoms with E-state index in [1.54, 1.807) is 54.6 Å². The lowest BCUT2D eigenvalue weighted by Gasteiger charge is -2.30. The minimum Gasteiger partial charge on any atom is -0.481 e. The van der Waals surface area contributed by atoms with E-state index >= 15 is 0 Å². The molecule has 11 heteroatoms. The van der Waals surface area contributed by atoms with Crippen molar-refractivity contribution in [1.29, 1.82) is 0 Å². The SMILES string of the molecule is CC(C(=O)O)N1C(=O)[C@@H](NC(=O)[C@H](C)NC(=O)Cc2cc(F)cc(F)c2)[C@@H](c2ccccc2)Oc2ccccc21. The summed E-state index contributed by atoms with van der Waals surface area (Å²) in [7, 11) is 0. The lowest BCUT2D eigenvalue weighted by atomic mass is 10.00. The van der Waals surface area contributed by atoms with Crippen LogP contribution in [0.2, 0.25) is 0 Å². The van der Waals surface area contributed by atoms with Crippen LogP contribution in [0.25, 0.3) is 0 Å². The second-order valence-electron chi connectivity index (χ2n) is 9.37. The largest absolute Gasteiger partial charge is 0.481 e. The van der Waals surface area contributed by atoms with Gasteiger partial charge < -0.3 is 20.5 Å². The summed E-state index contributed by atoms with van der Waals surface area (Å²) >= 11 is 0. The number of carbonyl (C=O) groups excluding carboxylic acids is 3. The Morgan fingerprint density at radius 3 is 2.25 bits per heavy atom. The van der Waals surface area contributed by atoms with Crippen LogP contribution >= 0.6 is 0 Å². The van der Waals surface area contributed by atoms with Crippen molar-refractivity contribution in [3.8, 4) is 5.75 Å². The number of rotatable bonds is 8. The number of carboxylic acid groups (broad SMARTS) is 1. The second-order valence-corrected chi connectivity index (χ2v) is 9.37. The van der Waals surface area contributed by atoms with E-state index < -0.39 is 59.6 Å². The van der Waals surface area contributed by atoms with Gasteiger partial charge in [0.05, 0.1) is 12.1 Å². The number of para-hydroxylation sites is 2. The molecule has 9 nitrogen and oxygen atoms in total. The standard InChI is InChI=1S/C29H27F2N3O6/c1-16(32-24(35)14-18-12-20(30)15-21(31)13-18)27(36)33-25-26(19-8-4-3-5-9-19)40-23-11-7-6-10-22(23)34(28(25)37)17(2)29(38)39/h3-13,15-17,25-26H,14H2,1-2H3,(H,32,35)(H,33,36)(H,38,39)/t16-,17?,25-,26+/m0/s1. The number of nitrogens with one attached hydrogen (secondary N) is 2. The fraction of sp³-hybridized carbons (Fsp3) is 0.241. The lowest BCUT2D eigenvalue weighted by Crippen LogP contribution is -2.58. The highest BCUT2D eigenvalue weighted by molar-refractivity contribution is 6.05. The fourth-order valence-corrected chi connectivity index (χ4v) is 4.44. The molecule has 208 valence electrons. The molecule has 3 aromatic carbocycles.